The van der Waals surface area contributed by atoms with E-state index in [0.717, 1.165) is 32.1 Å². The molecule has 64 heavy (non-hydrogen) atoms. The predicted octanol–water partition coefficient (Wildman–Crippen LogP) is 4.88. The molecule has 8 heterocycles. The highest BCUT2D eigenvalue weighted by Gasteiger charge is 2.71. The fourth-order valence-corrected chi connectivity index (χ4v) is 12.0. The smallest absolute Gasteiger partial charge is 0.256 e. The van der Waals surface area contributed by atoms with Crippen LogP contribution in [0.3, 0.4) is 0 Å². The maximum atomic E-state index is 14.6. The highest BCUT2D eigenvalue weighted by Crippen LogP contribution is 2.55. The summed E-state index contributed by atoms with van der Waals surface area (Å²) in [5.74, 6) is -5.30. The lowest BCUT2D eigenvalue weighted by Crippen LogP contribution is -2.53. The van der Waals surface area contributed by atoms with Gasteiger partial charge in [0.05, 0.1) is 49.1 Å². The number of amides is 8. The molecule has 0 radical (unpaired) electrons. The molecule has 0 aromatic heterocycles. The van der Waals surface area contributed by atoms with Gasteiger partial charge in [0.15, 0.2) is 0 Å². The Morgan fingerprint density at radius 2 is 1.17 bits per heavy atom. The molecule has 0 spiro atoms. The first-order valence-electron chi connectivity index (χ1n) is 23.8. The van der Waals surface area contributed by atoms with Crippen molar-refractivity contribution in [3.8, 4) is 0 Å². The quantitative estimate of drug-likeness (QED) is 0.0734. The largest absolute Gasteiger partial charge is 0.375 e. The van der Waals surface area contributed by atoms with Crippen LogP contribution in [0.15, 0.2) is 48.1 Å². The molecule has 4 saturated heterocycles. The zero-order valence-electron chi connectivity index (χ0n) is 38.0. The average molecular weight is 885 g/mol. The highest BCUT2D eigenvalue weighted by molar-refractivity contribution is 6.16. The molecule has 8 rings (SSSR count). The normalized spacial score (nSPS) is 33.0. The van der Waals surface area contributed by atoms with Crippen molar-refractivity contribution in [1.29, 1.82) is 0 Å². The van der Waals surface area contributed by atoms with E-state index in [1.54, 1.807) is 0 Å². The van der Waals surface area contributed by atoms with Crippen molar-refractivity contribution in [2.75, 3.05) is 26.3 Å². The van der Waals surface area contributed by atoms with Crippen LogP contribution in [0.25, 0.3) is 0 Å². The summed E-state index contributed by atoms with van der Waals surface area (Å²) in [6.07, 6.45) is 20.0. The van der Waals surface area contributed by atoms with Crippen molar-refractivity contribution < 1.29 is 52.6 Å². The highest BCUT2D eigenvalue weighted by atomic mass is 16.6. The number of hydrogen-bond donors (Lipinski definition) is 0. The van der Waals surface area contributed by atoms with Gasteiger partial charge in [-0.3, -0.25) is 58.0 Å². The molecule has 0 saturated carbocycles. The number of nitrogens with zero attached hydrogens (tertiary/aromatic N) is 4. The Morgan fingerprint density at radius 1 is 0.594 bits per heavy atom. The minimum Gasteiger partial charge on any atom is -0.375 e. The SMILES string of the molecule is CCCCCCC1=CC(=O)N(CCCCC(C)(CCC)N2C(=O)C3C4C=CC(COCC56C=CC(O5)C5C(=O)N(CCCCC(C)(CC)N7C(=O)C=CC7=O)C(=O)C56)(O4)C3C2=O)C1=O. The first-order chi connectivity index (χ1) is 30.6. The van der Waals surface area contributed by atoms with Gasteiger partial charge in [-0.15, -0.1) is 0 Å². The molecule has 8 aliphatic rings. The van der Waals surface area contributed by atoms with Crippen LogP contribution in [0.5, 0.6) is 0 Å². The summed E-state index contributed by atoms with van der Waals surface area (Å²) in [6, 6.07) is 0. The van der Waals surface area contributed by atoms with Crippen LogP contribution < -0.4 is 0 Å². The van der Waals surface area contributed by atoms with E-state index >= 15 is 0 Å². The van der Waals surface area contributed by atoms with Crippen molar-refractivity contribution in [1.82, 2.24) is 19.6 Å². The Labute approximate surface area is 375 Å². The lowest BCUT2D eigenvalue weighted by molar-refractivity contribution is -0.155. The summed E-state index contributed by atoms with van der Waals surface area (Å²) >= 11 is 0. The summed E-state index contributed by atoms with van der Waals surface area (Å²) in [4.78, 5) is 113. The molecule has 10 atom stereocenters. The van der Waals surface area contributed by atoms with Gasteiger partial charge in [0.1, 0.15) is 11.2 Å². The number of imide groups is 4. The summed E-state index contributed by atoms with van der Waals surface area (Å²) < 4.78 is 19.1. The van der Waals surface area contributed by atoms with Crippen molar-refractivity contribution >= 4 is 47.3 Å². The van der Waals surface area contributed by atoms with Crippen molar-refractivity contribution in [2.45, 2.75) is 159 Å². The molecule has 4 bridgehead atoms. The molecule has 8 amide bonds. The molecule has 8 aliphatic heterocycles. The van der Waals surface area contributed by atoms with Gasteiger partial charge in [0.25, 0.3) is 23.6 Å². The van der Waals surface area contributed by atoms with Crippen LogP contribution in [0.1, 0.15) is 125 Å². The molecular weight excluding hydrogens is 821 g/mol. The summed E-state index contributed by atoms with van der Waals surface area (Å²) in [5, 5.41) is 0. The third kappa shape index (κ3) is 7.56. The van der Waals surface area contributed by atoms with Crippen molar-refractivity contribution in [2.24, 2.45) is 23.7 Å². The van der Waals surface area contributed by atoms with E-state index in [0.29, 0.717) is 63.4 Å². The first kappa shape index (κ1) is 45.9. The van der Waals surface area contributed by atoms with Crippen LogP contribution in [-0.4, -0.2) is 128 Å². The Hall–Kier alpha value is -4.60. The molecule has 10 unspecified atom stereocenters. The predicted molar refractivity (Wildman–Crippen MR) is 231 cm³/mol. The number of fused-ring (bicyclic) bond motifs is 10. The van der Waals surface area contributed by atoms with Gasteiger partial charge in [-0.25, -0.2) is 0 Å². The van der Waals surface area contributed by atoms with E-state index in [-0.39, 0.29) is 73.6 Å². The summed E-state index contributed by atoms with van der Waals surface area (Å²) in [7, 11) is 0. The van der Waals surface area contributed by atoms with Crippen LogP contribution >= 0.6 is 0 Å². The van der Waals surface area contributed by atoms with Gasteiger partial charge in [-0.1, -0.05) is 70.8 Å². The minimum absolute atomic E-state index is 0.0624. The Balaban J connectivity index is 0.862. The third-order valence-electron chi connectivity index (χ3n) is 15.6. The number of carbonyl (C=O) groups excluding carboxylic acids is 8. The van der Waals surface area contributed by atoms with Gasteiger partial charge >= 0.3 is 0 Å². The molecule has 15 heteroatoms. The van der Waals surface area contributed by atoms with Crippen molar-refractivity contribution in [3.05, 3.63) is 48.1 Å². The topological polar surface area (TPSA) is 177 Å². The van der Waals surface area contributed by atoms with E-state index in [1.165, 1.54) is 37.8 Å². The average Bonchev–Trinajstić information content (AvgIpc) is 4.15. The Kier molecular flexibility index (Phi) is 12.7. The number of ether oxygens (including phenoxy) is 3. The maximum absolute atomic E-state index is 14.6. The maximum Gasteiger partial charge on any atom is 0.256 e. The minimum atomic E-state index is -1.20. The fourth-order valence-electron chi connectivity index (χ4n) is 12.0. The van der Waals surface area contributed by atoms with Gasteiger partial charge < -0.3 is 14.2 Å². The van der Waals surface area contributed by atoms with E-state index in [4.69, 9.17) is 14.2 Å². The van der Waals surface area contributed by atoms with Crippen molar-refractivity contribution in [3.63, 3.8) is 0 Å². The third-order valence-corrected chi connectivity index (χ3v) is 15.6. The molecule has 0 aromatic rings. The molecule has 15 nitrogen and oxygen atoms in total. The fraction of sp³-hybridized carbons (Fsp3) is 0.673. The number of unbranched alkanes of at least 4 members (excludes halogenated alkanes) is 5. The van der Waals surface area contributed by atoms with E-state index < -0.39 is 58.2 Å². The van der Waals surface area contributed by atoms with Crippen LogP contribution in [0.4, 0.5) is 0 Å². The van der Waals surface area contributed by atoms with Crippen LogP contribution in [0.2, 0.25) is 0 Å². The van der Waals surface area contributed by atoms with Crippen LogP contribution in [0, 0.1) is 23.7 Å². The van der Waals surface area contributed by atoms with Gasteiger partial charge in [-0.2, -0.15) is 0 Å². The second-order valence-electron chi connectivity index (χ2n) is 19.8. The Morgan fingerprint density at radius 3 is 1.77 bits per heavy atom. The first-order valence-corrected chi connectivity index (χ1v) is 23.8. The van der Waals surface area contributed by atoms with Gasteiger partial charge in [-0.05, 0) is 78.1 Å². The van der Waals surface area contributed by atoms with E-state index in [2.05, 4.69) is 6.92 Å². The number of carbonyl (C=O) groups is 8. The van der Waals surface area contributed by atoms with Gasteiger partial charge in [0.2, 0.25) is 23.6 Å². The molecule has 0 aromatic carbocycles. The second kappa shape index (κ2) is 17.7. The summed E-state index contributed by atoms with van der Waals surface area (Å²) in [6.45, 7) is 10.3. The zero-order valence-corrected chi connectivity index (χ0v) is 38.0. The molecule has 0 aliphatic carbocycles. The zero-order chi connectivity index (χ0) is 45.8. The van der Waals surface area contributed by atoms with E-state index in [1.807, 2.05) is 52.0 Å². The van der Waals surface area contributed by atoms with Crippen LogP contribution in [-0.2, 0) is 52.6 Å². The molecular formula is C49H64N4O11. The second-order valence-corrected chi connectivity index (χ2v) is 19.8. The molecule has 346 valence electrons. The molecule has 0 N–H and O–H groups in total. The monoisotopic (exact) mass is 884 g/mol. The number of likely N-dealkylation sites (tertiary alicyclic amines) is 2. The lowest BCUT2D eigenvalue weighted by Gasteiger charge is -2.39. The lowest BCUT2D eigenvalue weighted by atomic mass is 9.76. The van der Waals surface area contributed by atoms with Gasteiger partial charge in [0, 0.05) is 48.0 Å². The summed E-state index contributed by atoms with van der Waals surface area (Å²) in [5.41, 5.74) is -3.28. The molecule has 4 fully saturated rings. The van der Waals surface area contributed by atoms with E-state index in [9.17, 15) is 38.4 Å². The Bertz CT molecular complexity index is 2090. The number of hydrogen-bond acceptors (Lipinski definition) is 11. The standard InChI is InChI=1S/C49H64N4O11/c1-6-9-10-11-16-31-28-36(56)50(41(31)57)26-14-13-23-47(5,21-7-2)53-43(59)38-33-20-25-49(64-33,40(38)45(53)61)30-62-29-48-24-19-32(63-48)37-39(48)44(60)51(42(37)58)27-15-12-22-46(4,8-3)52-34(54)17-18-35(52)55/h17-20,24-25,28,32-33,37-40H,6-16,21-23,26-27,29-30H2,1-5H3. The number of rotatable bonds is 24.